The highest BCUT2D eigenvalue weighted by atomic mass is 16.5. The zero-order valence-corrected chi connectivity index (χ0v) is 21.1. The van der Waals surface area contributed by atoms with Gasteiger partial charge in [0.05, 0.1) is 0 Å². The maximum atomic E-state index is 12.4. The Morgan fingerprint density at radius 2 is 1.12 bits per heavy atom. The van der Waals surface area contributed by atoms with Crippen molar-refractivity contribution in [2.75, 3.05) is 13.1 Å². The van der Waals surface area contributed by atoms with Gasteiger partial charge in [-0.25, -0.2) is 0 Å². The summed E-state index contributed by atoms with van der Waals surface area (Å²) in [6, 6.07) is 15.5. The summed E-state index contributed by atoms with van der Waals surface area (Å²) in [7, 11) is 0. The minimum absolute atomic E-state index is 0.0736. The first-order valence-electron chi connectivity index (χ1n) is 12.4. The maximum Gasteiger partial charge on any atom is 0.261 e. The van der Waals surface area contributed by atoms with E-state index in [4.69, 9.17) is 9.47 Å². The highest BCUT2D eigenvalue weighted by molar-refractivity contribution is 5.81. The Morgan fingerprint density at radius 3 is 1.47 bits per heavy atom. The molecule has 0 spiro atoms. The highest BCUT2D eigenvalue weighted by Crippen LogP contribution is 2.16. The summed E-state index contributed by atoms with van der Waals surface area (Å²) in [6.45, 7) is 9.15. The Kier molecular flexibility index (Phi) is 12.0. The lowest BCUT2D eigenvalue weighted by molar-refractivity contribution is -0.128. The van der Waals surface area contributed by atoms with Crippen LogP contribution in [0.2, 0.25) is 0 Å². The van der Waals surface area contributed by atoms with Gasteiger partial charge in [0, 0.05) is 13.1 Å². The number of amides is 2. The first-order chi connectivity index (χ1) is 16.4. The molecule has 2 unspecified atom stereocenters. The average Bonchev–Trinajstić information content (AvgIpc) is 2.82. The lowest BCUT2D eigenvalue weighted by Crippen LogP contribution is -2.38. The second-order valence-corrected chi connectivity index (χ2v) is 8.66. The van der Waals surface area contributed by atoms with E-state index in [1.807, 2.05) is 76.2 Å². The molecule has 2 atom stereocenters. The van der Waals surface area contributed by atoms with Gasteiger partial charge < -0.3 is 20.1 Å². The molecule has 2 aromatic carbocycles. The second kappa shape index (κ2) is 15.0. The molecular weight excluding hydrogens is 428 g/mol. The molecule has 0 fully saturated rings. The largest absolute Gasteiger partial charge is 0.481 e. The predicted octanol–water partition coefficient (Wildman–Crippen LogP) is 5.11. The lowest BCUT2D eigenvalue weighted by Gasteiger charge is -2.18. The van der Waals surface area contributed by atoms with Gasteiger partial charge in [-0.1, -0.05) is 51.0 Å². The summed E-state index contributed by atoms with van der Waals surface area (Å²) < 4.78 is 11.7. The molecule has 2 N–H and O–H groups in total. The van der Waals surface area contributed by atoms with Crippen molar-refractivity contribution in [3.8, 4) is 11.5 Å². The Labute approximate surface area is 204 Å². The molecule has 6 heteroatoms. The normalized spacial score (nSPS) is 12.5. The van der Waals surface area contributed by atoms with E-state index in [2.05, 4.69) is 10.6 Å². The second-order valence-electron chi connectivity index (χ2n) is 8.66. The van der Waals surface area contributed by atoms with Crippen LogP contribution >= 0.6 is 0 Å². The predicted molar refractivity (Wildman–Crippen MR) is 136 cm³/mol. The molecule has 0 aromatic heterocycles. The molecule has 186 valence electrons. The van der Waals surface area contributed by atoms with Crippen molar-refractivity contribution in [1.29, 1.82) is 0 Å². The number of benzene rings is 2. The van der Waals surface area contributed by atoms with E-state index in [-0.39, 0.29) is 11.8 Å². The standard InChI is InChI=1S/C28H40N2O4/c1-5-25(33-23-15-11-13-21(3)19-23)27(31)29-17-9-7-8-10-18-30-28(32)26(6-2)34-24-16-12-14-22(4)20-24/h11-16,19-20,25-26H,5-10,17-18H2,1-4H3,(H,29,31)(H,30,32). The minimum Gasteiger partial charge on any atom is -0.481 e. The van der Waals surface area contributed by atoms with Gasteiger partial charge in [-0.15, -0.1) is 0 Å². The molecule has 2 rings (SSSR count). The van der Waals surface area contributed by atoms with Gasteiger partial charge in [0.15, 0.2) is 12.2 Å². The van der Waals surface area contributed by atoms with Crippen molar-refractivity contribution in [2.24, 2.45) is 0 Å². The van der Waals surface area contributed by atoms with E-state index in [0.717, 1.165) is 48.3 Å². The van der Waals surface area contributed by atoms with Gasteiger partial charge in [0.1, 0.15) is 11.5 Å². The van der Waals surface area contributed by atoms with Crippen LogP contribution in [-0.4, -0.2) is 37.1 Å². The fourth-order valence-corrected chi connectivity index (χ4v) is 3.60. The SMILES string of the molecule is CCC(Oc1cccc(C)c1)C(=O)NCCCCCCNC(=O)C(CC)Oc1cccc(C)c1. The first-order valence-corrected chi connectivity index (χ1v) is 12.4. The molecule has 34 heavy (non-hydrogen) atoms. The monoisotopic (exact) mass is 468 g/mol. The van der Waals surface area contributed by atoms with Crippen molar-refractivity contribution >= 4 is 11.8 Å². The highest BCUT2D eigenvalue weighted by Gasteiger charge is 2.19. The third-order valence-corrected chi connectivity index (χ3v) is 5.56. The number of ether oxygens (including phenoxy) is 2. The van der Waals surface area contributed by atoms with Crippen LogP contribution < -0.4 is 20.1 Å². The van der Waals surface area contributed by atoms with Gasteiger partial charge in [0.2, 0.25) is 0 Å². The number of rotatable bonds is 15. The van der Waals surface area contributed by atoms with Crippen molar-refractivity contribution in [1.82, 2.24) is 10.6 Å². The van der Waals surface area contributed by atoms with Crippen LogP contribution in [0, 0.1) is 13.8 Å². The number of nitrogens with one attached hydrogen (secondary N) is 2. The maximum absolute atomic E-state index is 12.4. The number of aryl methyl sites for hydroxylation is 2. The van der Waals surface area contributed by atoms with Crippen LogP contribution in [0.1, 0.15) is 63.5 Å². The number of carbonyl (C=O) groups excluding carboxylic acids is 2. The van der Waals surface area contributed by atoms with Crippen LogP contribution in [0.3, 0.4) is 0 Å². The van der Waals surface area contributed by atoms with Gasteiger partial charge >= 0.3 is 0 Å². The zero-order valence-electron chi connectivity index (χ0n) is 21.1. The molecular formula is C28H40N2O4. The zero-order chi connectivity index (χ0) is 24.8. The van der Waals surface area contributed by atoms with Gasteiger partial charge in [-0.05, 0) is 74.9 Å². The Morgan fingerprint density at radius 1 is 0.706 bits per heavy atom. The Bertz CT molecular complexity index is 826. The van der Waals surface area contributed by atoms with Gasteiger partial charge in [-0.2, -0.15) is 0 Å². The summed E-state index contributed by atoms with van der Waals surface area (Å²) in [5, 5.41) is 5.95. The molecule has 0 saturated carbocycles. The minimum atomic E-state index is -0.481. The summed E-state index contributed by atoms with van der Waals surface area (Å²) in [5.41, 5.74) is 2.21. The molecule has 0 aliphatic rings. The number of unbranched alkanes of at least 4 members (excludes halogenated alkanes) is 3. The molecule has 0 saturated heterocycles. The smallest absolute Gasteiger partial charge is 0.261 e. The van der Waals surface area contributed by atoms with E-state index >= 15 is 0 Å². The molecule has 0 aliphatic heterocycles. The average molecular weight is 469 g/mol. The fraction of sp³-hybridized carbons (Fsp3) is 0.500. The fourth-order valence-electron chi connectivity index (χ4n) is 3.60. The molecule has 2 amide bonds. The quantitative estimate of drug-likeness (QED) is 0.356. The molecule has 0 radical (unpaired) electrons. The third kappa shape index (κ3) is 9.86. The lowest BCUT2D eigenvalue weighted by atomic mass is 10.1. The van der Waals surface area contributed by atoms with Crippen LogP contribution in [0.25, 0.3) is 0 Å². The third-order valence-electron chi connectivity index (χ3n) is 5.56. The molecule has 0 aliphatic carbocycles. The van der Waals surface area contributed by atoms with Gasteiger partial charge in [-0.3, -0.25) is 9.59 Å². The van der Waals surface area contributed by atoms with E-state index in [9.17, 15) is 9.59 Å². The van der Waals surface area contributed by atoms with E-state index in [1.54, 1.807) is 0 Å². The summed E-state index contributed by atoms with van der Waals surface area (Å²) in [4.78, 5) is 24.8. The van der Waals surface area contributed by atoms with Gasteiger partial charge in [0.25, 0.3) is 11.8 Å². The van der Waals surface area contributed by atoms with E-state index in [1.165, 1.54) is 0 Å². The summed E-state index contributed by atoms with van der Waals surface area (Å²) >= 11 is 0. The number of hydrogen-bond acceptors (Lipinski definition) is 4. The Hall–Kier alpha value is -3.02. The summed E-state index contributed by atoms with van der Waals surface area (Å²) in [5.74, 6) is 1.29. The van der Waals surface area contributed by atoms with Crippen LogP contribution in [-0.2, 0) is 9.59 Å². The van der Waals surface area contributed by atoms with Crippen LogP contribution in [0.15, 0.2) is 48.5 Å². The first kappa shape index (κ1) is 27.2. The topological polar surface area (TPSA) is 76.7 Å². The molecule has 6 nitrogen and oxygen atoms in total. The molecule has 0 heterocycles. The number of hydrogen-bond donors (Lipinski definition) is 2. The van der Waals surface area contributed by atoms with Crippen LogP contribution in [0.5, 0.6) is 11.5 Å². The van der Waals surface area contributed by atoms with Crippen molar-refractivity contribution in [3.05, 3.63) is 59.7 Å². The van der Waals surface area contributed by atoms with E-state index in [0.29, 0.717) is 25.9 Å². The van der Waals surface area contributed by atoms with Crippen LogP contribution in [0.4, 0.5) is 0 Å². The molecule has 0 bridgehead atoms. The van der Waals surface area contributed by atoms with Crippen molar-refractivity contribution in [3.63, 3.8) is 0 Å². The van der Waals surface area contributed by atoms with Crippen molar-refractivity contribution < 1.29 is 19.1 Å². The van der Waals surface area contributed by atoms with E-state index < -0.39 is 12.2 Å². The summed E-state index contributed by atoms with van der Waals surface area (Å²) in [6.07, 6.45) is 4.04. The molecule has 2 aromatic rings. The Balaban J connectivity index is 1.57. The number of carbonyl (C=O) groups is 2. The van der Waals surface area contributed by atoms with Crippen molar-refractivity contribution in [2.45, 2.75) is 78.4 Å².